The van der Waals surface area contributed by atoms with Gasteiger partial charge in [0, 0.05) is 12.4 Å². The monoisotopic (exact) mass is 267 g/mol. The van der Waals surface area contributed by atoms with Gasteiger partial charge in [-0.05, 0) is 40.0 Å². The number of hydrogen-bond acceptors (Lipinski definition) is 1. The molecule has 0 saturated heterocycles. The van der Waals surface area contributed by atoms with Crippen molar-refractivity contribution in [1.29, 1.82) is 0 Å². The van der Waals surface area contributed by atoms with Gasteiger partial charge in [0.25, 0.3) is 0 Å². The third-order valence-corrected chi connectivity index (χ3v) is 3.91. The minimum Gasteiger partial charge on any atom is -0.264 e. The minimum absolute atomic E-state index is 0.109. The lowest BCUT2D eigenvalue weighted by Crippen LogP contribution is -2.20. The van der Waals surface area contributed by atoms with Crippen molar-refractivity contribution in [1.82, 2.24) is 4.98 Å². The highest BCUT2D eigenvalue weighted by atomic mass is 14.6. The zero-order valence-electron chi connectivity index (χ0n) is 13.3. The molecule has 106 valence electrons. The van der Waals surface area contributed by atoms with Gasteiger partial charge in [-0.3, -0.25) is 4.98 Å². The Morgan fingerprint density at radius 3 is 2.00 bits per heavy atom. The summed E-state index contributed by atoms with van der Waals surface area (Å²) in [7, 11) is 0. The van der Waals surface area contributed by atoms with Crippen LogP contribution in [0.3, 0.4) is 0 Å². The van der Waals surface area contributed by atoms with Crippen LogP contribution in [-0.4, -0.2) is 4.98 Å². The van der Waals surface area contributed by atoms with E-state index in [-0.39, 0.29) is 10.8 Å². The van der Waals surface area contributed by atoms with Gasteiger partial charge in [0.05, 0.1) is 0 Å². The summed E-state index contributed by atoms with van der Waals surface area (Å²) in [5.74, 6) is 0. The number of aromatic nitrogens is 1. The molecular formula is C19H25N. The number of benzene rings is 1. The highest BCUT2D eigenvalue weighted by molar-refractivity contribution is 5.30. The molecule has 0 aliphatic heterocycles. The molecule has 0 aliphatic rings. The van der Waals surface area contributed by atoms with Crippen LogP contribution in [0.1, 0.15) is 51.3 Å². The van der Waals surface area contributed by atoms with Gasteiger partial charge in [-0.2, -0.15) is 0 Å². The van der Waals surface area contributed by atoms with Gasteiger partial charge < -0.3 is 0 Å². The second-order valence-electron chi connectivity index (χ2n) is 7.25. The lowest BCUT2D eigenvalue weighted by Gasteiger charge is -2.26. The van der Waals surface area contributed by atoms with Crippen molar-refractivity contribution < 1.29 is 0 Å². The van der Waals surface area contributed by atoms with Gasteiger partial charge in [-0.15, -0.1) is 0 Å². The Hall–Kier alpha value is -1.63. The fourth-order valence-corrected chi connectivity index (χ4v) is 2.50. The average molecular weight is 267 g/mol. The first-order chi connectivity index (χ1) is 9.29. The van der Waals surface area contributed by atoms with Gasteiger partial charge >= 0.3 is 0 Å². The van der Waals surface area contributed by atoms with E-state index in [1.165, 1.54) is 16.7 Å². The van der Waals surface area contributed by atoms with Crippen LogP contribution in [0.25, 0.3) is 0 Å². The van der Waals surface area contributed by atoms with E-state index >= 15 is 0 Å². The van der Waals surface area contributed by atoms with Crippen LogP contribution < -0.4 is 0 Å². The van der Waals surface area contributed by atoms with E-state index in [0.29, 0.717) is 0 Å². The molecule has 0 N–H and O–H groups in total. The highest BCUT2D eigenvalue weighted by Gasteiger charge is 2.21. The van der Waals surface area contributed by atoms with Crippen molar-refractivity contribution in [3.63, 3.8) is 0 Å². The molecular weight excluding hydrogens is 242 g/mol. The smallest absolute Gasteiger partial charge is 0.0305 e. The predicted molar refractivity (Wildman–Crippen MR) is 86.1 cm³/mol. The Labute approximate surface area is 123 Å². The first-order valence-corrected chi connectivity index (χ1v) is 7.29. The van der Waals surface area contributed by atoms with Crippen LogP contribution in [0.5, 0.6) is 0 Å². The van der Waals surface area contributed by atoms with Crippen LogP contribution in [0.4, 0.5) is 0 Å². The first kappa shape index (κ1) is 14.8. The molecule has 1 heteroatoms. The lowest BCUT2D eigenvalue weighted by molar-refractivity contribution is 0.519. The summed E-state index contributed by atoms with van der Waals surface area (Å²) < 4.78 is 0. The largest absolute Gasteiger partial charge is 0.264 e. The maximum Gasteiger partial charge on any atom is 0.0305 e. The number of pyridine rings is 1. The molecule has 2 rings (SSSR count). The van der Waals surface area contributed by atoms with Crippen molar-refractivity contribution in [2.75, 3.05) is 0 Å². The molecule has 0 unspecified atom stereocenters. The molecule has 20 heavy (non-hydrogen) atoms. The summed E-state index contributed by atoms with van der Waals surface area (Å²) in [4.78, 5) is 4.24. The van der Waals surface area contributed by atoms with Crippen molar-refractivity contribution in [3.8, 4) is 0 Å². The molecule has 0 spiro atoms. The average Bonchev–Trinajstić information content (AvgIpc) is 2.39. The molecule has 1 nitrogen and oxygen atoms in total. The topological polar surface area (TPSA) is 12.9 Å². The predicted octanol–water partition coefficient (Wildman–Crippen LogP) is 4.90. The van der Waals surface area contributed by atoms with E-state index in [0.717, 1.165) is 6.42 Å². The molecule has 0 aliphatic carbocycles. The van der Waals surface area contributed by atoms with Crippen LogP contribution >= 0.6 is 0 Å². The van der Waals surface area contributed by atoms with Crippen molar-refractivity contribution in [2.24, 2.45) is 0 Å². The maximum absolute atomic E-state index is 4.24. The van der Waals surface area contributed by atoms with Gasteiger partial charge in [-0.1, -0.05) is 65.0 Å². The van der Waals surface area contributed by atoms with Crippen molar-refractivity contribution >= 4 is 0 Å². The summed E-state index contributed by atoms with van der Waals surface area (Å²) in [6.45, 7) is 11.3. The zero-order valence-corrected chi connectivity index (χ0v) is 13.3. The lowest BCUT2D eigenvalue weighted by atomic mass is 9.79. The van der Waals surface area contributed by atoms with Crippen LogP contribution in [0, 0.1) is 0 Å². The second-order valence-corrected chi connectivity index (χ2v) is 7.25. The summed E-state index contributed by atoms with van der Waals surface area (Å²) in [5, 5.41) is 0. The Kier molecular flexibility index (Phi) is 3.99. The second kappa shape index (κ2) is 5.40. The van der Waals surface area contributed by atoms with E-state index < -0.39 is 0 Å². The van der Waals surface area contributed by atoms with E-state index in [1.807, 2.05) is 18.5 Å². The SMILES string of the molecule is CC(C)(C)c1ccc(CC(C)(C)c2cccnc2)cc1. The van der Waals surface area contributed by atoms with Gasteiger partial charge in [0.2, 0.25) is 0 Å². The zero-order chi connectivity index (χ0) is 14.8. The Morgan fingerprint density at radius 1 is 0.850 bits per heavy atom. The van der Waals surface area contributed by atoms with Crippen molar-refractivity contribution in [2.45, 2.75) is 51.9 Å². The Morgan fingerprint density at radius 2 is 1.50 bits per heavy atom. The molecule has 0 saturated carbocycles. The van der Waals surface area contributed by atoms with Gasteiger partial charge in [0.15, 0.2) is 0 Å². The fraction of sp³-hybridized carbons (Fsp3) is 0.421. The molecule has 0 bridgehead atoms. The normalized spacial score (nSPS) is 12.4. The van der Waals surface area contributed by atoms with Crippen LogP contribution in [-0.2, 0) is 17.3 Å². The molecule has 1 aromatic heterocycles. The first-order valence-electron chi connectivity index (χ1n) is 7.29. The summed E-state index contributed by atoms with van der Waals surface area (Å²) in [6, 6.07) is 13.2. The minimum atomic E-state index is 0.109. The Bertz CT molecular complexity index is 545. The van der Waals surface area contributed by atoms with E-state index in [9.17, 15) is 0 Å². The molecule has 2 aromatic rings. The van der Waals surface area contributed by atoms with Crippen molar-refractivity contribution in [3.05, 3.63) is 65.5 Å². The molecule has 1 aromatic carbocycles. The highest BCUT2D eigenvalue weighted by Crippen LogP contribution is 2.28. The van der Waals surface area contributed by atoms with E-state index in [2.05, 4.69) is 69.9 Å². The molecule has 0 amide bonds. The fourth-order valence-electron chi connectivity index (χ4n) is 2.50. The molecule has 0 atom stereocenters. The number of rotatable bonds is 3. The van der Waals surface area contributed by atoms with Crippen LogP contribution in [0.2, 0.25) is 0 Å². The summed E-state index contributed by atoms with van der Waals surface area (Å²) >= 11 is 0. The quantitative estimate of drug-likeness (QED) is 0.771. The molecule has 0 fully saturated rings. The third-order valence-electron chi connectivity index (χ3n) is 3.91. The maximum atomic E-state index is 4.24. The van der Waals surface area contributed by atoms with E-state index in [1.54, 1.807) is 0 Å². The van der Waals surface area contributed by atoms with E-state index in [4.69, 9.17) is 0 Å². The van der Waals surface area contributed by atoms with Gasteiger partial charge in [0.1, 0.15) is 0 Å². The third kappa shape index (κ3) is 3.47. The number of hydrogen-bond donors (Lipinski definition) is 0. The Balaban J connectivity index is 2.18. The molecule has 0 radical (unpaired) electrons. The van der Waals surface area contributed by atoms with Gasteiger partial charge in [-0.25, -0.2) is 0 Å². The summed E-state index contributed by atoms with van der Waals surface area (Å²) in [5.41, 5.74) is 4.39. The standard InChI is InChI=1S/C19H25N/c1-18(2,3)16-10-8-15(9-11-16)13-19(4,5)17-7-6-12-20-14-17/h6-12,14H,13H2,1-5H3. The molecule has 1 heterocycles. The van der Waals surface area contributed by atoms with Crippen LogP contribution in [0.15, 0.2) is 48.8 Å². The summed E-state index contributed by atoms with van der Waals surface area (Å²) in [6.07, 6.45) is 4.84. The number of nitrogens with zero attached hydrogens (tertiary/aromatic N) is 1.